The van der Waals surface area contributed by atoms with Crippen LogP contribution in [-0.2, 0) is 0 Å². The van der Waals surface area contributed by atoms with Crippen molar-refractivity contribution < 1.29 is 9.47 Å². The zero-order chi connectivity index (χ0) is 14.4. The molecular formula is C16H18O2S2. The van der Waals surface area contributed by atoms with Gasteiger partial charge in [0.1, 0.15) is 11.5 Å². The Hall–Kier alpha value is -1.26. The van der Waals surface area contributed by atoms with Gasteiger partial charge in [-0.2, -0.15) is 0 Å². The molecule has 0 aliphatic rings. The van der Waals surface area contributed by atoms with Crippen molar-refractivity contribution in [2.45, 2.75) is 21.3 Å². The molecule has 0 atom stereocenters. The molecule has 106 valence electrons. The van der Waals surface area contributed by atoms with Crippen molar-refractivity contribution in [3.8, 4) is 11.5 Å². The second kappa shape index (κ2) is 7.50. The highest BCUT2D eigenvalue weighted by Gasteiger charge is 2.07. The molecule has 0 aromatic heterocycles. The first-order chi connectivity index (χ1) is 9.71. The Morgan fingerprint density at radius 3 is 1.35 bits per heavy atom. The van der Waals surface area contributed by atoms with Crippen molar-refractivity contribution in [1.29, 1.82) is 0 Å². The molecule has 0 bridgehead atoms. The molecule has 0 heterocycles. The molecule has 2 aromatic rings. The average Bonchev–Trinajstić information content (AvgIpc) is 2.49. The lowest BCUT2D eigenvalue weighted by Gasteiger charge is -2.11. The van der Waals surface area contributed by atoms with Crippen molar-refractivity contribution in [3.63, 3.8) is 0 Å². The van der Waals surface area contributed by atoms with Crippen LogP contribution in [0.25, 0.3) is 0 Å². The van der Waals surface area contributed by atoms with Crippen LogP contribution in [0.15, 0.2) is 58.3 Å². The van der Waals surface area contributed by atoms with Gasteiger partial charge in [-0.25, -0.2) is 0 Å². The van der Waals surface area contributed by atoms with Gasteiger partial charge in [0.25, 0.3) is 0 Å². The van der Waals surface area contributed by atoms with E-state index in [1.54, 1.807) is 14.2 Å². The fourth-order valence-corrected chi connectivity index (χ4v) is 3.93. The summed E-state index contributed by atoms with van der Waals surface area (Å²) in [6.45, 7) is 2.21. The van der Waals surface area contributed by atoms with E-state index < -0.39 is 0 Å². The molecule has 0 spiro atoms. The van der Waals surface area contributed by atoms with Crippen LogP contribution in [0.4, 0.5) is 0 Å². The van der Waals surface area contributed by atoms with E-state index in [0.717, 1.165) is 11.5 Å². The lowest BCUT2D eigenvalue weighted by molar-refractivity contribution is 0.414. The largest absolute Gasteiger partial charge is 0.497 e. The summed E-state index contributed by atoms with van der Waals surface area (Å²) in [5.41, 5.74) is 0. The van der Waals surface area contributed by atoms with E-state index in [1.165, 1.54) is 9.79 Å². The molecule has 0 saturated heterocycles. The van der Waals surface area contributed by atoms with Crippen LogP contribution >= 0.6 is 23.5 Å². The van der Waals surface area contributed by atoms with Gasteiger partial charge in [0, 0.05) is 9.79 Å². The summed E-state index contributed by atoms with van der Waals surface area (Å²) < 4.78 is 10.8. The number of thioether (sulfide) groups is 2. The van der Waals surface area contributed by atoms with Crippen LogP contribution in [0.1, 0.15) is 6.92 Å². The predicted octanol–water partition coefficient (Wildman–Crippen LogP) is 4.93. The fraction of sp³-hybridized carbons (Fsp3) is 0.250. The van der Waals surface area contributed by atoms with Gasteiger partial charge in [-0.15, -0.1) is 23.5 Å². The molecule has 0 fully saturated rings. The summed E-state index contributed by atoms with van der Waals surface area (Å²) in [6.07, 6.45) is 0. The lowest BCUT2D eigenvalue weighted by atomic mass is 10.3. The number of ether oxygens (including phenoxy) is 2. The molecule has 0 saturated carbocycles. The Bertz CT molecular complexity index is 474. The second-order valence-electron chi connectivity index (χ2n) is 4.15. The molecule has 0 aliphatic carbocycles. The van der Waals surface area contributed by atoms with E-state index in [2.05, 4.69) is 31.2 Å². The molecular weight excluding hydrogens is 288 g/mol. The predicted molar refractivity (Wildman–Crippen MR) is 87.2 cm³/mol. The zero-order valence-corrected chi connectivity index (χ0v) is 13.5. The summed E-state index contributed by atoms with van der Waals surface area (Å²) in [5.74, 6) is 1.79. The molecule has 0 radical (unpaired) electrons. The maximum atomic E-state index is 5.17. The highest BCUT2D eigenvalue weighted by atomic mass is 32.2. The van der Waals surface area contributed by atoms with Crippen LogP contribution in [-0.4, -0.2) is 18.8 Å². The number of hydrogen-bond acceptors (Lipinski definition) is 4. The van der Waals surface area contributed by atoms with Gasteiger partial charge in [0.05, 0.1) is 18.8 Å². The highest BCUT2D eigenvalue weighted by molar-refractivity contribution is 8.17. The minimum Gasteiger partial charge on any atom is -0.497 e. The van der Waals surface area contributed by atoms with Crippen LogP contribution in [0.3, 0.4) is 0 Å². The van der Waals surface area contributed by atoms with Crippen LogP contribution in [0.2, 0.25) is 0 Å². The molecule has 20 heavy (non-hydrogen) atoms. The van der Waals surface area contributed by atoms with E-state index in [-0.39, 0.29) is 0 Å². The van der Waals surface area contributed by atoms with E-state index in [9.17, 15) is 0 Å². The van der Waals surface area contributed by atoms with Crippen LogP contribution in [0.5, 0.6) is 11.5 Å². The lowest BCUT2D eigenvalue weighted by Crippen LogP contribution is -1.89. The number of methoxy groups -OCH3 is 2. The normalized spacial score (nSPS) is 10.6. The smallest absolute Gasteiger partial charge is 0.118 e. The first kappa shape index (κ1) is 15.1. The van der Waals surface area contributed by atoms with Gasteiger partial charge >= 0.3 is 0 Å². The third-order valence-corrected chi connectivity index (χ3v) is 5.05. The first-order valence-electron chi connectivity index (χ1n) is 6.32. The molecule has 0 aliphatic heterocycles. The van der Waals surface area contributed by atoms with Crippen LogP contribution in [0, 0.1) is 0 Å². The Kier molecular flexibility index (Phi) is 5.68. The van der Waals surface area contributed by atoms with Gasteiger partial charge in [0.2, 0.25) is 0 Å². The fourth-order valence-electron chi connectivity index (χ4n) is 1.72. The van der Waals surface area contributed by atoms with Gasteiger partial charge in [-0.3, -0.25) is 0 Å². The highest BCUT2D eigenvalue weighted by Crippen LogP contribution is 2.36. The monoisotopic (exact) mass is 306 g/mol. The van der Waals surface area contributed by atoms with Crippen molar-refractivity contribution in [1.82, 2.24) is 0 Å². The maximum Gasteiger partial charge on any atom is 0.118 e. The van der Waals surface area contributed by atoms with Gasteiger partial charge in [-0.1, -0.05) is 0 Å². The van der Waals surface area contributed by atoms with E-state index in [4.69, 9.17) is 9.47 Å². The molecule has 4 heteroatoms. The molecule has 2 aromatic carbocycles. The Labute approximate surface area is 128 Å². The third kappa shape index (κ3) is 4.39. The SMILES string of the molecule is COc1ccc(SC(C)Sc2ccc(OC)cc2)cc1. The molecule has 2 nitrogen and oxygen atoms in total. The minimum absolute atomic E-state index is 0.441. The average molecular weight is 306 g/mol. The van der Waals surface area contributed by atoms with Crippen molar-refractivity contribution >= 4 is 23.5 Å². The van der Waals surface area contributed by atoms with E-state index in [0.29, 0.717) is 4.58 Å². The molecule has 0 unspecified atom stereocenters. The summed E-state index contributed by atoms with van der Waals surface area (Å²) in [4.78, 5) is 2.50. The van der Waals surface area contributed by atoms with Gasteiger partial charge in [0.15, 0.2) is 0 Å². The van der Waals surface area contributed by atoms with Crippen molar-refractivity contribution in [2.24, 2.45) is 0 Å². The maximum absolute atomic E-state index is 5.17. The number of benzene rings is 2. The Morgan fingerprint density at radius 2 is 1.05 bits per heavy atom. The van der Waals surface area contributed by atoms with Crippen molar-refractivity contribution in [2.75, 3.05) is 14.2 Å². The summed E-state index contributed by atoms with van der Waals surface area (Å²) in [5, 5.41) is 0. The van der Waals surface area contributed by atoms with E-state index >= 15 is 0 Å². The summed E-state index contributed by atoms with van der Waals surface area (Å²) >= 11 is 3.69. The van der Waals surface area contributed by atoms with E-state index in [1.807, 2.05) is 47.8 Å². The minimum atomic E-state index is 0.441. The standard InChI is InChI=1S/C16H18O2S2/c1-12(19-15-8-4-13(17-2)5-9-15)20-16-10-6-14(18-3)7-11-16/h4-12H,1-3H3. The summed E-state index contributed by atoms with van der Waals surface area (Å²) in [7, 11) is 3.37. The first-order valence-corrected chi connectivity index (χ1v) is 8.08. The topological polar surface area (TPSA) is 18.5 Å². The zero-order valence-electron chi connectivity index (χ0n) is 11.8. The Balaban J connectivity index is 1.91. The molecule has 0 amide bonds. The molecule has 2 rings (SSSR count). The Morgan fingerprint density at radius 1 is 0.700 bits per heavy atom. The quantitative estimate of drug-likeness (QED) is 0.556. The second-order valence-corrected chi connectivity index (χ2v) is 7.28. The van der Waals surface area contributed by atoms with Crippen molar-refractivity contribution in [3.05, 3.63) is 48.5 Å². The summed E-state index contributed by atoms with van der Waals surface area (Å²) in [6, 6.07) is 16.3. The van der Waals surface area contributed by atoms with Gasteiger partial charge < -0.3 is 9.47 Å². The van der Waals surface area contributed by atoms with Gasteiger partial charge in [-0.05, 0) is 55.5 Å². The van der Waals surface area contributed by atoms with Crippen LogP contribution < -0.4 is 9.47 Å². The number of rotatable bonds is 6. The number of hydrogen-bond donors (Lipinski definition) is 0. The third-order valence-electron chi connectivity index (χ3n) is 2.72. The molecule has 0 N–H and O–H groups in total.